The molecule has 1 unspecified atom stereocenters. The van der Waals surface area contributed by atoms with Crippen LogP contribution in [0, 0.1) is 0 Å². The zero-order valence-electron chi connectivity index (χ0n) is 9.25. The lowest BCUT2D eigenvalue weighted by molar-refractivity contribution is 0.375. The highest BCUT2D eigenvalue weighted by atomic mass is 32.2. The summed E-state index contributed by atoms with van der Waals surface area (Å²) in [5.74, 6) is 1.41. The Morgan fingerprint density at radius 3 is 2.94 bits per heavy atom. The molecule has 0 fully saturated rings. The zero-order chi connectivity index (χ0) is 11.4. The third-order valence-corrected chi connectivity index (χ3v) is 3.12. The van der Waals surface area contributed by atoms with Crippen LogP contribution >= 0.6 is 11.8 Å². The van der Waals surface area contributed by atoms with Crippen LogP contribution in [0.25, 0.3) is 0 Å². The lowest BCUT2D eigenvalue weighted by Crippen LogP contribution is -1.90. The van der Waals surface area contributed by atoms with Gasteiger partial charge in [-0.1, -0.05) is 29.9 Å². The van der Waals surface area contributed by atoms with Crippen molar-refractivity contribution in [1.29, 1.82) is 0 Å². The van der Waals surface area contributed by atoms with Gasteiger partial charge in [0.15, 0.2) is 5.82 Å². The smallest absolute Gasteiger partial charge is 0.239 e. The van der Waals surface area contributed by atoms with Crippen LogP contribution in [0.5, 0.6) is 0 Å². The molecule has 1 atom stereocenters. The van der Waals surface area contributed by atoms with Gasteiger partial charge in [0.2, 0.25) is 5.89 Å². The van der Waals surface area contributed by atoms with Crippen LogP contribution in [0.15, 0.2) is 33.9 Å². The van der Waals surface area contributed by atoms with E-state index in [9.17, 15) is 0 Å². The van der Waals surface area contributed by atoms with E-state index in [1.54, 1.807) is 18.0 Å². The summed E-state index contributed by atoms with van der Waals surface area (Å²) in [5, 5.41) is 4.97. The molecule has 0 aliphatic rings. The first-order valence-corrected chi connectivity index (χ1v) is 6.07. The predicted molar refractivity (Wildman–Crippen MR) is 62.2 cm³/mol. The molecule has 0 N–H and O–H groups in total. The Morgan fingerprint density at radius 2 is 2.31 bits per heavy atom. The van der Waals surface area contributed by atoms with Crippen molar-refractivity contribution in [2.75, 3.05) is 0 Å². The summed E-state index contributed by atoms with van der Waals surface area (Å²) in [5.41, 5.74) is 0. The molecule has 2 aromatic heterocycles. The molecule has 0 amide bonds. The Bertz CT molecular complexity index is 444. The Morgan fingerprint density at radius 1 is 1.44 bits per heavy atom. The molecule has 2 heterocycles. The number of nitrogens with zero attached hydrogens (tertiary/aromatic N) is 3. The van der Waals surface area contributed by atoms with Gasteiger partial charge in [0.05, 0.1) is 10.3 Å². The van der Waals surface area contributed by atoms with E-state index >= 15 is 0 Å². The van der Waals surface area contributed by atoms with Gasteiger partial charge in [0.1, 0.15) is 0 Å². The monoisotopic (exact) mass is 235 g/mol. The van der Waals surface area contributed by atoms with Crippen LogP contribution in [0.4, 0.5) is 0 Å². The molecule has 2 aromatic rings. The maximum atomic E-state index is 5.18. The topological polar surface area (TPSA) is 51.8 Å². The molecule has 0 aliphatic heterocycles. The average Bonchev–Trinajstić information content (AvgIpc) is 2.79. The number of aryl methyl sites for hydroxylation is 1. The summed E-state index contributed by atoms with van der Waals surface area (Å²) < 4.78 is 5.18. The minimum atomic E-state index is 0.127. The van der Waals surface area contributed by atoms with Crippen molar-refractivity contribution >= 4 is 11.8 Å². The average molecular weight is 235 g/mol. The van der Waals surface area contributed by atoms with Crippen molar-refractivity contribution in [3.8, 4) is 0 Å². The fraction of sp³-hybridized carbons (Fsp3) is 0.364. The van der Waals surface area contributed by atoms with Crippen molar-refractivity contribution in [3.05, 3.63) is 36.1 Å². The van der Waals surface area contributed by atoms with E-state index in [1.165, 1.54) is 0 Å². The van der Waals surface area contributed by atoms with Crippen LogP contribution in [0.3, 0.4) is 0 Å². The van der Waals surface area contributed by atoms with Gasteiger partial charge in [-0.3, -0.25) is 0 Å². The molecular weight excluding hydrogens is 222 g/mol. The van der Waals surface area contributed by atoms with E-state index in [0.29, 0.717) is 5.89 Å². The number of hydrogen-bond donors (Lipinski definition) is 0. The highest BCUT2D eigenvalue weighted by Gasteiger charge is 2.15. The van der Waals surface area contributed by atoms with Crippen molar-refractivity contribution < 1.29 is 4.52 Å². The molecule has 84 valence electrons. The third-order valence-electron chi connectivity index (χ3n) is 2.08. The van der Waals surface area contributed by atoms with Crippen LogP contribution in [-0.2, 0) is 6.42 Å². The van der Waals surface area contributed by atoms with Gasteiger partial charge < -0.3 is 4.52 Å². The molecular formula is C11H13N3OS. The standard InChI is InChI=1S/C11H13N3OS/c1-3-9-13-11(15-14-9)8(2)16-10-6-4-5-7-12-10/h4-8H,3H2,1-2H3. The largest absolute Gasteiger partial charge is 0.338 e. The molecule has 16 heavy (non-hydrogen) atoms. The molecule has 0 aliphatic carbocycles. The maximum Gasteiger partial charge on any atom is 0.239 e. The Labute approximate surface area is 98.5 Å². The van der Waals surface area contributed by atoms with Gasteiger partial charge in [-0.05, 0) is 19.1 Å². The van der Waals surface area contributed by atoms with E-state index in [-0.39, 0.29) is 5.25 Å². The van der Waals surface area contributed by atoms with Gasteiger partial charge in [0.25, 0.3) is 0 Å². The normalized spacial score (nSPS) is 12.6. The SMILES string of the molecule is CCc1noc(C(C)Sc2ccccn2)n1. The predicted octanol–water partition coefficient (Wildman–Crippen LogP) is 2.88. The van der Waals surface area contributed by atoms with Crippen LogP contribution in [0.1, 0.15) is 30.8 Å². The van der Waals surface area contributed by atoms with Crippen molar-refractivity contribution in [1.82, 2.24) is 15.1 Å². The quantitative estimate of drug-likeness (QED) is 0.763. The molecule has 0 saturated heterocycles. The van der Waals surface area contributed by atoms with E-state index in [1.807, 2.05) is 32.0 Å². The summed E-state index contributed by atoms with van der Waals surface area (Å²) in [4.78, 5) is 8.54. The summed E-state index contributed by atoms with van der Waals surface area (Å²) in [6.07, 6.45) is 2.57. The number of pyridine rings is 1. The van der Waals surface area contributed by atoms with E-state index in [2.05, 4.69) is 15.1 Å². The second-order valence-corrected chi connectivity index (χ2v) is 4.69. The highest BCUT2D eigenvalue weighted by molar-refractivity contribution is 7.99. The minimum Gasteiger partial charge on any atom is -0.338 e. The van der Waals surface area contributed by atoms with Crippen LogP contribution < -0.4 is 0 Å². The van der Waals surface area contributed by atoms with Crippen LogP contribution in [-0.4, -0.2) is 15.1 Å². The summed E-state index contributed by atoms with van der Waals surface area (Å²) in [6.45, 7) is 4.04. The molecule has 0 aromatic carbocycles. The molecule has 0 bridgehead atoms. The first-order chi connectivity index (χ1) is 7.79. The first-order valence-electron chi connectivity index (χ1n) is 5.19. The van der Waals surface area contributed by atoms with Gasteiger partial charge in [0, 0.05) is 12.6 Å². The molecule has 4 nitrogen and oxygen atoms in total. The summed E-state index contributed by atoms with van der Waals surface area (Å²) in [6, 6.07) is 5.84. The van der Waals surface area contributed by atoms with Gasteiger partial charge in [-0.25, -0.2) is 4.98 Å². The second-order valence-electron chi connectivity index (χ2n) is 3.33. The molecule has 2 rings (SSSR count). The van der Waals surface area contributed by atoms with Crippen molar-refractivity contribution in [2.24, 2.45) is 0 Å². The Kier molecular flexibility index (Phi) is 3.56. The first kappa shape index (κ1) is 11.1. The second kappa shape index (κ2) is 5.12. The van der Waals surface area contributed by atoms with Gasteiger partial charge in [-0.2, -0.15) is 4.98 Å². The van der Waals surface area contributed by atoms with E-state index in [4.69, 9.17) is 4.52 Å². The number of rotatable bonds is 4. The third kappa shape index (κ3) is 2.61. The number of hydrogen-bond acceptors (Lipinski definition) is 5. The van der Waals surface area contributed by atoms with Crippen molar-refractivity contribution in [2.45, 2.75) is 30.5 Å². The van der Waals surface area contributed by atoms with Crippen LogP contribution in [0.2, 0.25) is 0 Å². The minimum absolute atomic E-state index is 0.127. The molecule has 5 heteroatoms. The van der Waals surface area contributed by atoms with E-state index in [0.717, 1.165) is 17.3 Å². The van der Waals surface area contributed by atoms with E-state index < -0.39 is 0 Å². The van der Waals surface area contributed by atoms with Gasteiger partial charge >= 0.3 is 0 Å². The zero-order valence-corrected chi connectivity index (χ0v) is 10.1. The number of aromatic nitrogens is 3. The molecule has 0 saturated carbocycles. The Balaban J connectivity index is 2.05. The molecule has 0 radical (unpaired) electrons. The molecule has 0 spiro atoms. The fourth-order valence-electron chi connectivity index (χ4n) is 1.22. The summed E-state index contributed by atoms with van der Waals surface area (Å²) in [7, 11) is 0. The lowest BCUT2D eigenvalue weighted by atomic mass is 10.4. The van der Waals surface area contributed by atoms with Gasteiger partial charge in [-0.15, -0.1) is 0 Å². The highest BCUT2D eigenvalue weighted by Crippen LogP contribution is 2.32. The number of thioether (sulfide) groups is 1. The van der Waals surface area contributed by atoms with Crippen molar-refractivity contribution in [3.63, 3.8) is 0 Å². The lowest BCUT2D eigenvalue weighted by Gasteiger charge is -2.04. The fourth-order valence-corrected chi connectivity index (χ4v) is 2.06. The Hall–Kier alpha value is -1.36. The summed E-state index contributed by atoms with van der Waals surface area (Å²) >= 11 is 1.61. The maximum absolute atomic E-state index is 5.18.